The van der Waals surface area contributed by atoms with E-state index < -0.39 is 0 Å². The number of ether oxygens (including phenoxy) is 1. The van der Waals surface area contributed by atoms with E-state index in [0.29, 0.717) is 0 Å². The van der Waals surface area contributed by atoms with Gasteiger partial charge >= 0.3 is 0 Å². The van der Waals surface area contributed by atoms with E-state index in [1.54, 1.807) is 0 Å². The van der Waals surface area contributed by atoms with Crippen LogP contribution in [0.3, 0.4) is 0 Å². The maximum atomic E-state index is 5.39. The molecule has 3 heterocycles. The molecule has 6 nitrogen and oxygen atoms in total. The summed E-state index contributed by atoms with van der Waals surface area (Å²) in [6, 6.07) is 12.6. The maximum Gasteiger partial charge on any atom is 0.227 e. The summed E-state index contributed by atoms with van der Waals surface area (Å²) in [5.74, 6) is 2.47. The third-order valence-corrected chi connectivity index (χ3v) is 4.87. The van der Waals surface area contributed by atoms with Crippen LogP contribution < -0.4 is 15.1 Å². The van der Waals surface area contributed by atoms with Crippen molar-refractivity contribution in [3.63, 3.8) is 0 Å². The molecular weight excluding hydrogens is 314 g/mol. The van der Waals surface area contributed by atoms with Gasteiger partial charge < -0.3 is 19.9 Å². The van der Waals surface area contributed by atoms with Gasteiger partial charge in [0.05, 0.1) is 13.2 Å². The molecule has 1 aromatic carbocycles. The minimum absolute atomic E-state index is 0.751. The average molecular weight is 339 g/mol. The molecule has 4 rings (SSSR count). The van der Waals surface area contributed by atoms with E-state index in [2.05, 4.69) is 55.4 Å². The topological polar surface area (TPSA) is 53.5 Å². The highest BCUT2D eigenvalue weighted by molar-refractivity contribution is 5.48. The van der Waals surface area contributed by atoms with Gasteiger partial charge in [0.2, 0.25) is 5.95 Å². The third kappa shape index (κ3) is 4.02. The van der Waals surface area contributed by atoms with Crippen molar-refractivity contribution in [1.82, 2.24) is 9.97 Å². The fourth-order valence-electron chi connectivity index (χ4n) is 3.37. The first-order valence-electron chi connectivity index (χ1n) is 9.08. The highest BCUT2D eigenvalue weighted by Gasteiger charge is 2.26. The van der Waals surface area contributed by atoms with E-state index in [9.17, 15) is 0 Å². The molecule has 0 spiro atoms. The van der Waals surface area contributed by atoms with Gasteiger partial charge in [0.25, 0.3) is 0 Å². The number of hydrogen-bond acceptors (Lipinski definition) is 6. The number of hydrogen-bond donors (Lipinski definition) is 1. The molecule has 6 heteroatoms. The monoisotopic (exact) mass is 339 g/mol. The quantitative estimate of drug-likeness (QED) is 0.871. The number of nitrogens with one attached hydrogen (secondary N) is 1. The Balaban J connectivity index is 1.22. The molecule has 0 aliphatic carbocycles. The lowest BCUT2D eigenvalue weighted by Crippen LogP contribution is -2.47. The van der Waals surface area contributed by atoms with E-state index in [0.717, 1.165) is 63.6 Å². The number of morpholine rings is 1. The summed E-state index contributed by atoms with van der Waals surface area (Å²) in [7, 11) is 0. The first-order valence-corrected chi connectivity index (χ1v) is 9.08. The van der Waals surface area contributed by atoms with Gasteiger partial charge in [-0.05, 0) is 30.5 Å². The van der Waals surface area contributed by atoms with Crippen LogP contribution in [0.1, 0.15) is 6.42 Å². The van der Waals surface area contributed by atoms with Gasteiger partial charge in [-0.25, -0.2) is 4.98 Å². The molecule has 25 heavy (non-hydrogen) atoms. The Kier molecular flexibility index (Phi) is 4.97. The number of anilines is 3. The van der Waals surface area contributed by atoms with Crippen LogP contribution in [-0.4, -0.2) is 55.9 Å². The Morgan fingerprint density at radius 2 is 1.84 bits per heavy atom. The van der Waals surface area contributed by atoms with E-state index in [4.69, 9.17) is 4.74 Å². The zero-order valence-electron chi connectivity index (χ0n) is 14.5. The number of benzene rings is 1. The summed E-state index contributed by atoms with van der Waals surface area (Å²) in [5.41, 5.74) is 1.33. The lowest BCUT2D eigenvalue weighted by Gasteiger charge is -2.41. The molecule has 0 unspecified atom stereocenters. The average Bonchev–Trinajstić information content (AvgIpc) is 2.65. The molecule has 0 bridgehead atoms. The molecule has 132 valence electrons. The normalized spacial score (nSPS) is 18.1. The molecule has 0 saturated carbocycles. The molecule has 2 aliphatic rings. The predicted octanol–water partition coefficient (Wildman–Crippen LogP) is 2.25. The zero-order chi connectivity index (χ0) is 16.9. The van der Waals surface area contributed by atoms with Gasteiger partial charge in [-0.3, -0.25) is 0 Å². The molecule has 0 amide bonds. The summed E-state index contributed by atoms with van der Waals surface area (Å²) in [6.07, 6.45) is 3.00. The SMILES string of the molecule is c1ccc(N2CC(CCNc3ccnc(N4CCOCC4)n3)C2)cc1. The van der Waals surface area contributed by atoms with Crippen LogP contribution in [0.5, 0.6) is 0 Å². The van der Waals surface area contributed by atoms with E-state index in [1.165, 1.54) is 12.1 Å². The molecule has 2 saturated heterocycles. The van der Waals surface area contributed by atoms with Gasteiger partial charge in [-0.1, -0.05) is 18.2 Å². The van der Waals surface area contributed by atoms with Crippen LogP contribution in [0.15, 0.2) is 42.6 Å². The second-order valence-corrected chi connectivity index (χ2v) is 6.66. The van der Waals surface area contributed by atoms with Gasteiger partial charge in [-0.2, -0.15) is 4.98 Å². The van der Waals surface area contributed by atoms with E-state index >= 15 is 0 Å². The van der Waals surface area contributed by atoms with Gasteiger partial charge in [-0.15, -0.1) is 0 Å². The van der Waals surface area contributed by atoms with Crippen molar-refractivity contribution in [2.45, 2.75) is 6.42 Å². The minimum atomic E-state index is 0.751. The van der Waals surface area contributed by atoms with Crippen LogP contribution in [0.2, 0.25) is 0 Å². The lowest BCUT2D eigenvalue weighted by atomic mass is 9.95. The summed E-state index contributed by atoms with van der Waals surface area (Å²) in [6.45, 7) is 6.47. The van der Waals surface area contributed by atoms with Crippen LogP contribution in [0.25, 0.3) is 0 Å². The molecular formula is C19H25N5O. The standard InChI is InChI=1S/C19H25N5O/c1-2-4-17(5-3-1)24-14-16(15-24)6-8-20-18-7-9-21-19(22-18)23-10-12-25-13-11-23/h1-5,7,9,16H,6,8,10-15H2,(H,20,21,22). The van der Waals surface area contributed by atoms with Gasteiger partial charge in [0.1, 0.15) is 5.82 Å². The van der Waals surface area contributed by atoms with Crippen molar-refractivity contribution in [1.29, 1.82) is 0 Å². The van der Waals surface area contributed by atoms with Crippen molar-refractivity contribution in [3.05, 3.63) is 42.6 Å². The molecule has 2 aromatic rings. The maximum absolute atomic E-state index is 5.39. The first kappa shape index (κ1) is 16.1. The molecule has 2 aliphatic heterocycles. The number of rotatable bonds is 6. The van der Waals surface area contributed by atoms with Crippen LogP contribution in [0, 0.1) is 5.92 Å². The fourth-order valence-corrected chi connectivity index (χ4v) is 3.37. The number of para-hydroxylation sites is 1. The summed E-state index contributed by atoms with van der Waals surface area (Å²) in [5, 5.41) is 3.45. The Labute approximate surface area is 148 Å². The molecule has 1 aromatic heterocycles. The molecule has 2 fully saturated rings. The molecule has 0 radical (unpaired) electrons. The van der Waals surface area contributed by atoms with E-state index in [1.807, 2.05) is 12.3 Å². The van der Waals surface area contributed by atoms with Crippen LogP contribution in [0.4, 0.5) is 17.5 Å². The second kappa shape index (κ2) is 7.70. The number of aromatic nitrogens is 2. The van der Waals surface area contributed by atoms with Crippen molar-refractivity contribution in [3.8, 4) is 0 Å². The Morgan fingerprint density at radius 1 is 1.04 bits per heavy atom. The fraction of sp³-hybridized carbons (Fsp3) is 0.474. The minimum Gasteiger partial charge on any atom is -0.378 e. The highest BCUT2D eigenvalue weighted by atomic mass is 16.5. The summed E-state index contributed by atoms with van der Waals surface area (Å²) in [4.78, 5) is 13.6. The summed E-state index contributed by atoms with van der Waals surface area (Å²) < 4.78 is 5.39. The third-order valence-electron chi connectivity index (χ3n) is 4.87. The lowest BCUT2D eigenvalue weighted by molar-refractivity contribution is 0.122. The predicted molar refractivity (Wildman–Crippen MR) is 100 cm³/mol. The van der Waals surface area contributed by atoms with Crippen LogP contribution >= 0.6 is 0 Å². The first-order chi connectivity index (χ1) is 12.4. The Bertz CT molecular complexity index is 669. The van der Waals surface area contributed by atoms with Gasteiger partial charge in [0, 0.05) is 44.6 Å². The van der Waals surface area contributed by atoms with Crippen molar-refractivity contribution in [2.75, 3.05) is 61.1 Å². The van der Waals surface area contributed by atoms with Crippen molar-refractivity contribution < 1.29 is 4.74 Å². The van der Waals surface area contributed by atoms with E-state index in [-0.39, 0.29) is 0 Å². The zero-order valence-corrected chi connectivity index (χ0v) is 14.5. The number of nitrogens with zero attached hydrogens (tertiary/aromatic N) is 4. The smallest absolute Gasteiger partial charge is 0.227 e. The largest absolute Gasteiger partial charge is 0.378 e. The van der Waals surface area contributed by atoms with Crippen molar-refractivity contribution in [2.24, 2.45) is 5.92 Å². The van der Waals surface area contributed by atoms with Crippen molar-refractivity contribution >= 4 is 17.5 Å². The Morgan fingerprint density at radius 3 is 2.64 bits per heavy atom. The van der Waals surface area contributed by atoms with Gasteiger partial charge in [0.15, 0.2) is 0 Å². The highest BCUT2D eigenvalue weighted by Crippen LogP contribution is 2.26. The Hall–Kier alpha value is -2.34. The molecule has 1 N–H and O–H groups in total. The molecule has 0 atom stereocenters. The van der Waals surface area contributed by atoms with Crippen LogP contribution in [-0.2, 0) is 4.74 Å². The summed E-state index contributed by atoms with van der Waals surface area (Å²) >= 11 is 0. The second-order valence-electron chi connectivity index (χ2n) is 6.66.